The van der Waals surface area contributed by atoms with E-state index in [1.807, 2.05) is 4.72 Å². The fourth-order valence-electron chi connectivity index (χ4n) is 2.13. The molecule has 6 nitrogen and oxygen atoms in total. The number of sulfonamides is 1. The van der Waals surface area contributed by atoms with Gasteiger partial charge in [-0.25, -0.2) is 18.1 Å². The van der Waals surface area contributed by atoms with Crippen molar-refractivity contribution in [2.45, 2.75) is 4.90 Å². The van der Waals surface area contributed by atoms with E-state index < -0.39 is 15.9 Å². The average Bonchev–Trinajstić information content (AvgIpc) is 2.97. The van der Waals surface area contributed by atoms with Crippen LogP contribution in [0.1, 0.15) is 10.5 Å². The maximum absolute atomic E-state index is 12.3. The first-order valence-electron chi connectivity index (χ1n) is 7.09. The van der Waals surface area contributed by atoms with Crippen molar-refractivity contribution in [3.63, 3.8) is 0 Å². The van der Waals surface area contributed by atoms with E-state index in [9.17, 15) is 13.2 Å². The largest absolute Gasteiger partial charge is 0.289 e. The average molecular weight is 431 g/mol. The molecule has 0 bridgehead atoms. The third-order valence-electron chi connectivity index (χ3n) is 3.36. The Bertz CT molecular complexity index is 1080. The number of carbonyl (C=O) groups excluding carboxylic acids is 1. The lowest BCUT2D eigenvalue weighted by Gasteiger charge is -2.07. The van der Waals surface area contributed by atoms with Gasteiger partial charge in [-0.1, -0.05) is 40.9 Å². The van der Waals surface area contributed by atoms with Crippen molar-refractivity contribution in [2.24, 2.45) is 0 Å². The first-order valence-corrected chi connectivity index (χ1v) is 9.71. The minimum atomic E-state index is -4.12. The van der Waals surface area contributed by atoms with E-state index in [1.54, 1.807) is 24.3 Å². The molecule has 0 aliphatic carbocycles. The summed E-state index contributed by atoms with van der Waals surface area (Å²) < 4.78 is 28.0. The number of benzene rings is 2. The Hall–Kier alpha value is -2.06. The number of aromatic nitrogens is 2. The molecular weight excluding hydrogens is 421 g/mol. The third kappa shape index (κ3) is 3.86. The van der Waals surface area contributed by atoms with Gasteiger partial charge in [0.15, 0.2) is 5.69 Å². The summed E-state index contributed by atoms with van der Waals surface area (Å²) in [5.41, 5.74) is 0.385. The Morgan fingerprint density at radius 1 is 1.00 bits per heavy atom. The zero-order valence-corrected chi connectivity index (χ0v) is 15.9. The third-order valence-corrected chi connectivity index (χ3v) is 5.54. The Kier molecular flexibility index (Phi) is 5.24. The first-order chi connectivity index (χ1) is 12.3. The molecule has 0 saturated heterocycles. The van der Waals surface area contributed by atoms with Crippen molar-refractivity contribution < 1.29 is 13.2 Å². The summed E-state index contributed by atoms with van der Waals surface area (Å²) in [7, 11) is -4.12. The highest BCUT2D eigenvalue weighted by Gasteiger charge is 2.23. The van der Waals surface area contributed by atoms with Gasteiger partial charge in [-0.05, 0) is 42.5 Å². The van der Waals surface area contributed by atoms with Crippen LogP contribution in [0.15, 0.2) is 59.8 Å². The van der Waals surface area contributed by atoms with Gasteiger partial charge < -0.3 is 0 Å². The fourth-order valence-corrected chi connectivity index (χ4v) is 3.79. The second kappa shape index (κ2) is 7.28. The van der Waals surface area contributed by atoms with Crippen LogP contribution < -0.4 is 4.72 Å². The number of rotatable bonds is 4. The molecule has 26 heavy (non-hydrogen) atoms. The highest BCUT2D eigenvalue weighted by atomic mass is 35.5. The van der Waals surface area contributed by atoms with Crippen LogP contribution in [0.5, 0.6) is 0 Å². The molecule has 1 heterocycles. The van der Waals surface area contributed by atoms with E-state index in [0.717, 1.165) is 0 Å². The molecule has 0 saturated carbocycles. The lowest BCUT2D eigenvalue weighted by molar-refractivity contribution is 0.0977. The Balaban J connectivity index is 1.88. The molecule has 0 aliphatic rings. The molecular formula is C16H10Cl3N3O3S. The molecule has 0 aliphatic heterocycles. The van der Waals surface area contributed by atoms with Crippen molar-refractivity contribution >= 4 is 50.7 Å². The zero-order chi connectivity index (χ0) is 18.9. The maximum Gasteiger partial charge on any atom is 0.286 e. The van der Waals surface area contributed by atoms with Crippen LogP contribution in [-0.2, 0) is 10.0 Å². The second-order valence-electron chi connectivity index (χ2n) is 5.12. The normalized spacial score (nSPS) is 11.3. The quantitative estimate of drug-likeness (QED) is 0.679. The number of amides is 1. The van der Waals surface area contributed by atoms with Gasteiger partial charge in [0, 0.05) is 15.7 Å². The Morgan fingerprint density at radius 3 is 2.35 bits per heavy atom. The van der Waals surface area contributed by atoms with Crippen LogP contribution in [-0.4, -0.2) is 23.9 Å². The van der Waals surface area contributed by atoms with Crippen molar-refractivity contribution in [2.75, 3.05) is 0 Å². The van der Waals surface area contributed by atoms with E-state index in [0.29, 0.717) is 10.7 Å². The predicted octanol–water partition coefficient (Wildman–Crippen LogP) is 3.95. The molecule has 3 aromatic rings. The van der Waals surface area contributed by atoms with Crippen LogP contribution >= 0.6 is 34.8 Å². The number of imidazole rings is 1. The standard InChI is InChI=1S/C16H10Cl3N3O3S/c17-10-4-6-12(7-5-10)22-9-20-14(15(22)19)16(23)21-26(24,25)13-3-1-2-11(18)8-13/h1-9H,(H,21,23). The Morgan fingerprint density at radius 2 is 1.69 bits per heavy atom. The summed E-state index contributed by atoms with van der Waals surface area (Å²) in [5.74, 6) is -0.956. The highest BCUT2D eigenvalue weighted by Crippen LogP contribution is 2.22. The van der Waals surface area contributed by atoms with Gasteiger partial charge in [0.25, 0.3) is 15.9 Å². The van der Waals surface area contributed by atoms with Gasteiger partial charge in [0.1, 0.15) is 11.5 Å². The predicted molar refractivity (Wildman–Crippen MR) is 99.7 cm³/mol. The van der Waals surface area contributed by atoms with E-state index in [4.69, 9.17) is 34.8 Å². The number of nitrogens with zero attached hydrogens (tertiary/aromatic N) is 2. The van der Waals surface area contributed by atoms with Crippen molar-refractivity contribution in [1.29, 1.82) is 0 Å². The number of hydrogen-bond donors (Lipinski definition) is 1. The number of halogens is 3. The molecule has 0 unspecified atom stereocenters. The maximum atomic E-state index is 12.3. The van der Waals surface area contributed by atoms with Crippen molar-refractivity contribution in [1.82, 2.24) is 14.3 Å². The number of carbonyl (C=O) groups is 1. The molecule has 2 aromatic carbocycles. The smallest absolute Gasteiger partial charge is 0.286 e. The van der Waals surface area contributed by atoms with Gasteiger partial charge >= 0.3 is 0 Å². The molecule has 0 fully saturated rings. The van der Waals surface area contributed by atoms with Crippen LogP contribution in [0.25, 0.3) is 5.69 Å². The molecule has 0 spiro atoms. The number of hydrogen-bond acceptors (Lipinski definition) is 4. The Labute approximate surface area is 164 Å². The summed E-state index contributed by atoms with van der Waals surface area (Å²) in [6.07, 6.45) is 1.31. The minimum Gasteiger partial charge on any atom is -0.289 e. The van der Waals surface area contributed by atoms with Gasteiger partial charge in [0.05, 0.1) is 4.90 Å². The minimum absolute atomic E-state index is 0.0360. The molecule has 1 aromatic heterocycles. The molecule has 0 atom stereocenters. The molecule has 3 rings (SSSR count). The molecule has 1 N–H and O–H groups in total. The molecule has 134 valence electrons. The fraction of sp³-hybridized carbons (Fsp3) is 0. The molecule has 0 radical (unpaired) electrons. The second-order valence-corrected chi connectivity index (χ2v) is 8.04. The van der Waals surface area contributed by atoms with Crippen LogP contribution in [0, 0.1) is 0 Å². The summed E-state index contributed by atoms with van der Waals surface area (Å²) >= 11 is 17.8. The highest BCUT2D eigenvalue weighted by molar-refractivity contribution is 7.90. The van der Waals surface area contributed by atoms with Crippen LogP contribution in [0.3, 0.4) is 0 Å². The zero-order valence-electron chi connectivity index (χ0n) is 12.9. The van der Waals surface area contributed by atoms with Crippen LogP contribution in [0.4, 0.5) is 0 Å². The van der Waals surface area contributed by atoms with Crippen LogP contribution in [0.2, 0.25) is 15.2 Å². The van der Waals surface area contributed by atoms with Crippen molar-refractivity contribution in [3.8, 4) is 5.69 Å². The summed E-state index contributed by atoms with van der Waals surface area (Å²) in [6.45, 7) is 0. The molecule has 10 heteroatoms. The summed E-state index contributed by atoms with van der Waals surface area (Å²) in [5, 5.41) is 0.729. The van der Waals surface area contributed by atoms with Gasteiger partial charge in [-0.3, -0.25) is 9.36 Å². The van der Waals surface area contributed by atoms with Gasteiger partial charge in [-0.2, -0.15) is 0 Å². The molecule has 1 amide bonds. The van der Waals surface area contributed by atoms with Crippen molar-refractivity contribution in [3.05, 3.63) is 75.8 Å². The monoisotopic (exact) mass is 429 g/mol. The summed E-state index contributed by atoms with van der Waals surface area (Å²) in [4.78, 5) is 16.1. The topological polar surface area (TPSA) is 81.1 Å². The summed E-state index contributed by atoms with van der Waals surface area (Å²) in [6, 6.07) is 12.2. The van der Waals surface area contributed by atoms with E-state index in [-0.39, 0.29) is 20.8 Å². The number of nitrogens with one attached hydrogen (secondary N) is 1. The lowest BCUT2D eigenvalue weighted by atomic mass is 10.3. The SMILES string of the molecule is O=C(NS(=O)(=O)c1cccc(Cl)c1)c1ncn(-c2ccc(Cl)cc2)c1Cl. The lowest BCUT2D eigenvalue weighted by Crippen LogP contribution is -2.31. The van der Waals surface area contributed by atoms with Gasteiger partial charge in [-0.15, -0.1) is 0 Å². The first kappa shape index (κ1) is 18.7. The van der Waals surface area contributed by atoms with E-state index in [2.05, 4.69) is 4.98 Å². The van der Waals surface area contributed by atoms with E-state index >= 15 is 0 Å². The van der Waals surface area contributed by atoms with E-state index in [1.165, 1.54) is 35.2 Å². The van der Waals surface area contributed by atoms with Gasteiger partial charge in [0.2, 0.25) is 0 Å².